The molecule has 4 heteroatoms. The van der Waals surface area contributed by atoms with E-state index >= 15 is 0 Å². The van der Waals surface area contributed by atoms with Crippen LogP contribution in [0.1, 0.15) is 23.6 Å². The Morgan fingerprint density at radius 1 is 1.19 bits per heavy atom. The molecule has 2 aromatic rings. The van der Waals surface area contributed by atoms with E-state index in [0.717, 1.165) is 24.5 Å². The molecule has 2 aromatic heterocycles. The van der Waals surface area contributed by atoms with Crippen LogP contribution in [0.5, 0.6) is 0 Å². The molecule has 2 nitrogen and oxygen atoms in total. The van der Waals surface area contributed by atoms with E-state index in [2.05, 4.69) is 36.3 Å². The minimum absolute atomic E-state index is 0.931. The van der Waals surface area contributed by atoms with Gasteiger partial charge in [-0.3, -0.25) is 0 Å². The third kappa shape index (κ3) is 2.70. The van der Waals surface area contributed by atoms with Gasteiger partial charge in [0, 0.05) is 22.5 Å². The molecule has 0 atom stereocenters. The first-order valence-corrected chi connectivity index (χ1v) is 7.21. The van der Waals surface area contributed by atoms with E-state index in [-0.39, 0.29) is 0 Å². The molecule has 0 aliphatic heterocycles. The van der Waals surface area contributed by atoms with Gasteiger partial charge in [0.05, 0.1) is 4.88 Å². The van der Waals surface area contributed by atoms with Crippen LogP contribution in [-0.4, -0.2) is 11.5 Å². The van der Waals surface area contributed by atoms with Crippen LogP contribution in [-0.2, 0) is 13.0 Å². The summed E-state index contributed by atoms with van der Waals surface area (Å²) in [6.07, 6.45) is 3.09. The smallest absolute Gasteiger partial charge is 0.133 e. The predicted octanol–water partition coefficient (Wildman–Crippen LogP) is 3.54. The van der Waals surface area contributed by atoms with Gasteiger partial charge in [-0.15, -0.1) is 22.7 Å². The zero-order valence-corrected chi connectivity index (χ0v) is 11.3. The molecule has 0 radical (unpaired) electrons. The second-order valence-corrected chi connectivity index (χ2v) is 5.82. The lowest BCUT2D eigenvalue weighted by Gasteiger charge is -1.94. The Bertz CT molecular complexity index is 445. The van der Waals surface area contributed by atoms with Crippen LogP contribution in [0.15, 0.2) is 18.3 Å². The highest BCUT2D eigenvalue weighted by molar-refractivity contribution is 7.21. The lowest BCUT2D eigenvalue weighted by atomic mass is 10.4. The third-order valence-corrected chi connectivity index (χ3v) is 4.72. The van der Waals surface area contributed by atoms with Gasteiger partial charge in [-0.2, -0.15) is 0 Å². The molecule has 0 unspecified atom stereocenters. The fourth-order valence-corrected chi connectivity index (χ4v) is 3.33. The molecule has 16 heavy (non-hydrogen) atoms. The molecule has 1 N–H and O–H groups in total. The van der Waals surface area contributed by atoms with Crippen LogP contribution in [0, 0.1) is 0 Å². The fourth-order valence-electron chi connectivity index (χ4n) is 1.43. The summed E-state index contributed by atoms with van der Waals surface area (Å²) >= 11 is 3.64. The molecule has 0 amide bonds. The van der Waals surface area contributed by atoms with Crippen molar-refractivity contribution in [3.05, 3.63) is 28.1 Å². The maximum atomic E-state index is 4.48. The molecule has 0 aliphatic carbocycles. The average molecular weight is 252 g/mol. The topological polar surface area (TPSA) is 24.9 Å². The first-order chi connectivity index (χ1) is 7.83. The maximum absolute atomic E-state index is 4.48. The van der Waals surface area contributed by atoms with E-state index in [9.17, 15) is 0 Å². The molecule has 0 fully saturated rings. The first-order valence-electron chi connectivity index (χ1n) is 5.58. The van der Waals surface area contributed by atoms with Crippen molar-refractivity contribution in [3.63, 3.8) is 0 Å². The second kappa shape index (κ2) is 5.57. The highest BCUT2D eigenvalue weighted by Crippen LogP contribution is 2.31. The molecule has 0 spiro atoms. The number of hydrogen-bond donors (Lipinski definition) is 1. The molecule has 0 aliphatic rings. The summed E-state index contributed by atoms with van der Waals surface area (Å²) in [5.41, 5.74) is 0. The second-order valence-electron chi connectivity index (χ2n) is 3.53. The van der Waals surface area contributed by atoms with Crippen molar-refractivity contribution in [3.8, 4) is 9.88 Å². The Hall–Kier alpha value is -0.710. The van der Waals surface area contributed by atoms with E-state index in [1.54, 1.807) is 11.3 Å². The van der Waals surface area contributed by atoms with Crippen LogP contribution < -0.4 is 5.32 Å². The normalized spacial score (nSPS) is 10.9. The summed E-state index contributed by atoms with van der Waals surface area (Å²) in [6.45, 7) is 6.25. The highest BCUT2D eigenvalue weighted by Gasteiger charge is 2.06. The van der Waals surface area contributed by atoms with E-state index < -0.39 is 0 Å². The Kier molecular flexibility index (Phi) is 4.09. The van der Waals surface area contributed by atoms with Gasteiger partial charge < -0.3 is 5.32 Å². The quantitative estimate of drug-likeness (QED) is 0.880. The SMILES string of the molecule is CCNCc1cnc(-c2ccc(CC)s2)s1. The van der Waals surface area contributed by atoms with Crippen LogP contribution >= 0.6 is 22.7 Å². The number of nitrogens with zero attached hydrogens (tertiary/aromatic N) is 1. The number of aryl methyl sites for hydroxylation is 1. The number of hydrogen-bond acceptors (Lipinski definition) is 4. The third-order valence-electron chi connectivity index (χ3n) is 2.32. The van der Waals surface area contributed by atoms with E-state index in [0.29, 0.717) is 0 Å². The Balaban J connectivity index is 2.11. The van der Waals surface area contributed by atoms with Crippen molar-refractivity contribution in [1.82, 2.24) is 10.3 Å². The fraction of sp³-hybridized carbons (Fsp3) is 0.417. The summed E-state index contributed by atoms with van der Waals surface area (Å²) < 4.78 is 0. The van der Waals surface area contributed by atoms with Crippen molar-refractivity contribution in [2.45, 2.75) is 26.8 Å². The van der Waals surface area contributed by atoms with Gasteiger partial charge in [-0.05, 0) is 25.1 Å². The number of thiophene rings is 1. The van der Waals surface area contributed by atoms with Gasteiger partial charge in [0.25, 0.3) is 0 Å². The molecular weight excluding hydrogens is 236 g/mol. The average Bonchev–Trinajstić information content (AvgIpc) is 2.94. The molecule has 0 aromatic carbocycles. The summed E-state index contributed by atoms with van der Waals surface area (Å²) in [4.78, 5) is 8.51. The zero-order chi connectivity index (χ0) is 11.4. The Labute approximate surface area is 104 Å². The summed E-state index contributed by atoms with van der Waals surface area (Å²) in [5.74, 6) is 0. The molecule has 2 heterocycles. The summed E-state index contributed by atoms with van der Waals surface area (Å²) in [7, 11) is 0. The number of aromatic nitrogens is 1. The predicted molar refractivity (Wildman–Crippen MR) is 72.2 cm³/mol. The van der Waals surface area contributed by atoms with E-state index in [1.807, 2.05) is 17.5 Å². The molecule has 0 bridgehead atoms. The van der Waals surface area contributed by atoms with Crippen LogP contribution in [0.25, 0.3) is 9.88 Å². The Morgan fingerprint density at radius 3 is 2.75 bits per heavy atom. The van der Waals surface area contributed by atoms with Gasteiger partial charge in [0.15, 0.2) is 0 Å². The van der Waals surface area contributed by atoms with Gasteiger partial charge in [-0.25, -0.2) is 4.98 Å². The number of nitrogens with one attached hydrogen (secondary N) is 1. The summed E-state index contributed by atoms with van der Waals surface area (Å²) in [5, 5.41) is 4.47. The lowest BCUT2D eigenvalue weighted by Crippen LogP contribution is -2.10. The maximum Gasteiger partial charge on any atom is 0.133 e. The van der Waals surface area contributed by atoms with Crippen LogP contribution in [0.2, 0.25) is 0 Å². The first kappa shape index (κ1) is 11.8. The molecule has 0 saturated heterocycles. The lowest BCUT2D eigenvalue weighted by molar-refractivity contribution is 0.734. The number of rotatable bonds is 5. The molecular formula is C12H16N2S2. The summed E-state index contributed by atoms with van der Waals surface area (Å²) in [6, 6.07) is 4.38. The van der Waals surface area contributed by atoms with E-state index in [1.165, 1.54) is 14.6 Å². The minimum atomic E-state index is 0.931. The van der Waals surface area contributed by atoms with Crippen LogP contribution in [0.4, 0.5) is 0 Å². The van der Waals surface area contributed by atoms with Gasteiger partial charge in [-0.1, -0.05) is 13.8 Å². The van der Waals surface area contributed by atoms with Crippen molar-refractivity contribution >= 4 is 22.7 Å². The highest BCUT2D eigenvalue weighted by atomic mass is 32.1. The largest absolute Gasteiger partial charge is 0.312 e. The van der Waals surface area contributed by atoms with Crippen LogP contribution in [0.3, 0.4) is 0 Å². The zero-order valence-electron chi connectivity index (χ0n) is 9.62. The Morgan fingerprint density at radius 2 is 2.06 bits per heavy atom. The van der Waals surface area contributed by atoms with Gasteiger partial charge in [0.2, 0.25) is 0 Å². The van der Waals surface area contributed by atoms with Crippen molar-refractivity contribution in [2.24, 2.45) is 0 Å². The van der Waals surface area contributed by atoms with Gasteiger partial charge in [0.1, 0.15) is 5.01 Å². The van der Waals surface area contributed by atoms with Crippen molar-refractivity contribution in [1.29, 1.82) is 0 Å². The monoisotopic (exact) mass is 252 g/mol. The van der Waals surface area contributed by atoms with E-state index in [4.69, 9.17) is 0 Å². The molecule has 0 saturated carbocycles. The standard InChI is InChI=1S/C12H16N2S2/c1-3-9-5-6-11(15-9)12-14-8-10(16-12)7-13-4-2/h5-6,8,13H,3-4,7H2,1-2H3. The van der Waals surface area contributed by atoms with Crippen molar-refractivity contribution < 1.29 is 0 Å². The molecule has 2 rings (SSSR count). The van der Waals surface area contributed by atoms with Crippen molar-refractivity contribution in [2.75, 3.05) is 6.54 Å². The molecule has 86 valence electrons. The number of thiazole rings is 1. The minimum Gasteiger partial charge on any atom is -0.312 e. The van der Waals surface area contributed by atoms with Gasteiger partial charge >= 0.3 is 0 Å².